The summed E-state index contributed by atoms with van der Waals surface area (Å²) in [6, 6.07) is 0. The number of hydrogen-bond donors (Lipinski definition) is 2. The number of allylic oxidation sites excluding steroid dienone is 1. The average Bonchev–Trinajstić information content (AvgIpc) is 2.76. The van der Waals surface area contributed by atoms with Crippen molar-refractivity contribution in [1.29, 1.82) is 0 Å². The molecule has 0 aromatic carbocycles. The van der Waals surface area contributed by atoms with Crippen molar-refractivity contribution in [3.05, 3.63) is 12.7 Å². The fourth-order valence-electron chi connectivity index (χ4n) is 4.81. The zero-order chi connectivity index (χ0) is 20.3. The summed E-state index contributed by atoms with van der Waals surface area (Å²) in [5.41, 5.74) is 0. The molecule has 0 saturated carbocycles. The Morgan fingerprint density at radius 1 is 1.00 bits per heavy atom. The predicted octanol–water partition coefficient (Wildman–Crippen LogP) is 1.62. The van der Waals surface area contributed by atoms with Crippen molar-refractivity contribution < 1.29 is 38.6 Å². The molecular weight excluding hydrogens is 380 g/mol. The van der Waals surface area contributed by atoms with E-state index in [0.717, 1.165) is 38.5 Å². The molecule has 4 aliphatic heterocycles. The Bertz CT molecular complexity index is 543. The van der Waals surface area contributed by atoms with Crippen molar-refractivity contribution in [1.82, 2.24) is 0 Å². The molecule has 0 radical (unpaired) electrons. The minimum Gasteiger partial charge on any atom is -0.394 e. The number of aliphatic hydroxyl groups excluding tert-OH is 2. The molecule has 7 atom stereocenters. The predicted molar refractivity (Wildman–Crippen MR) is 102 cm³/mol. The number of aliphatic hydroxyl groups is 2. The molecule has 0 bridgehead atoms. The van der Waals surface area contributed by atoms with Crippen molar-refractivity contribution in [2.45, 2.75) is 93.6 Å². The molecule has 4 saturated heterocycles. The van der Waals surface area contributed by atoms with Crippen LogP contribution in [0.25, 0.3) is 0 Å². The highest BCUT2D eigenvalue weighted by Gasteiger charge is 2.67. The van der Waals surface area contributed by atoms with E-state index >= 15 is 0 Å². The standard InChI is InChI=1S/C21H34O8/c1-2-3-6-11-24-19-18-17(16(23)15(14-22)27-19)28-20(9-4-7-12-25-20)21(29-18)10-5-8-13-26-21/h2,15-19,22-23H,1,3-14H2/t15-,16-,17+,18-,19-,20-,21-/m1/s1. The summed E-state index contributed by atoms with van der Waals surface area (Å²) in [4.78, 5) is 0. The minimum absolute atomic E-state index is 0.338. The second-order valence-electron chi connectivity index (χ2n) is 8.30. The van der Waals surface area contributed by atoms with Gasteiger partial charge in [0.15, 0.2) is 6.29 Å². The largest absolute Gasteiger partial charge is 0.394 e. The van der Waals surface area contributed by atoms with Gasteiger partial charge in [0.25, 0.3) is 0 Å². The fourth-order valence-corrected chi connectivity index (χ4v) is 4.81. The topological polar surface area (TPSA) is 95.8 Å². The van der Waals surface area contributed by atoms with Crippen LogP contribution in [0.2, 0.25) is 0 Å². The highest BCUT2D eigenvalue weighted by Crippen LogP contribution is 2.51. The molecule has 4 aliphatic rings. The van der Waals surface area contributed by atoms with Crippen molar-refractivity contribution in [3.63, 3.8) is 0 Å². The van der Waals surface area contributed by atoms with Crippen molar-refractivity contribution >= 4 is 0 Å². The molecule has 0 unspecified atom stereocenters. The highest BCUT2D eigenvalue weighted by atomic mass is 16.8. The average molecular weight is 414 g/mol. The molecular formula is C21H34O8. The van der Waals surface area contributed by atoms with E-state index in [1.165, 1.54) is 0 Å². The van der Waals surface area contributed by atoms with Crippen LogP contribution in [0.5, 0.6) is 0 Å². The molecule has 2 N–H and O–H groups in total. The Hall–Kier alpha value is -0.580. The first-order valence-corrected chi connectivity index (χ1v) is 11.0. The summed E-state index contributed by atoms with van der Waals surface area (Å²) < 4.78 is 37.3. The van der Waals surface area contributed by atoms with Gasteiger partial charge in [-0.1, -0.05) is 6.08 Å². The molecule has 0 aromatic rings. The molecule has 4 rings (SSSR count). The van der Waals surface area contributed by atoms with Crippen LogP contribution in [-0.2, 0) is 28.4 Å². The summed E-state index contributed by atoms with van der Waals surface area (Å²) in [5, 5.41) is 20.6. The van der Waals surface area contributed by atoms with Gasteiger partial charge in [0.1, 0.15) is 24.4 Å². The SMILES string of the molecule is C=CCCCO[C@@H]1O[C@H](CO)[C@@H](O)[C@@H]2O[C@]3(CCCCO3)[C@@]3(CCCCO3)O[C@@H]12. The van der Waals surface area contributed by atoms with Crippen LogP contribution < -0.4 is 0 Å². The highest BCUT2D eigenvalue weighted by molar-refractivity contribution is 5.03. The first-order valence-electron chi connectivity index (χ1n) is 11.0. The van der Waals surface area contributed by atoms with E-state index in [1.807, 2.05) is 6.08 Å². The van der Waals surface area contributed by atoms with Crippen LogP contribution in [0.3, 0.4) is 0 Å². The van der Waals surface area contributed by atoms with Crippen LogP contribution in [0, 0.1) is 0 Å². The smallest absolute Gasteiger partial charge is 0.224 e. The van der Waals surface area contributed by atoms with E-state index in [1.54, 1.807) is 0 Å². The zero-order valence-electron chi connectivity index (χ0n) is 17.0. The van der Waals surface area contributed by atoms with Crippen LogP contribution >= 0.6 is 0 Å². The third-order valence-electron chi connectivity index (χ3n) is 6.34. The Kier molecular flexibility index (Phi) is 6.92. The molecule has 8 nitrogen and oxygen atoms in total. The Labute approximate surface area is 172 Å². The van der Waals surface area contributed by atoms with Gasteiger partial charge in [0.2, 0.25) is 11.6 Å². The fraction of sp³-hybridized carbons (Fsp3) is 0.905. The summed E-state index contributed by atoms with van der Waals surface area (Å²) >= 11 is 0. The Morgan fingerprint density at radius 2 is 1.66 bits per heavy atom. The van der Waals surface area contributed by atoms with Crippen LogP contribution in [0.4, 0.5) is 0 Å². The Morgan fingerprint density at radius 3 is 2.21 bits per heavy atom. The third-order valence-corrected chi connectivity index (χ3v) is 6.34. The first kappa shape index (κ1) is 21.6. The van der Waals surface area contributed by atoms with E-state index in [9.17, 15) is 10.2 Å². The van der Waals surface area contributed by atoms with E-state index < -0.39 is 42.3 Å². The van der Waals surface area contributed by atoms with Gasteiger partial charge in [-0.2, -0.15) is 0 Å². The van der Waals surface area contributed by atoms with Gasteiger partial charge in [-0.25, -0.2) is 0 Å². The molecule has 2 spiro atoms. The number of rotatable bonds is 6. The molecule has 0 aromatic heterocycles. The maximum Gasteiger partial charge on any atom is 0.224 e. The summed E-state index contributed by atoms with van der Waals surface area (Å²) in [6.45, 7) is 4.96. The van der Waals surface area contributed by atoms with Crippen LogP contribution in [-0.4, -0.2) is 78.9 Å². The molecule has 166 valence electrons. The lowest BCUT2D eigenvalue weighted by Gasteiger charge is -2.60. The van der Waals surface area contributed by atoms with E-state index in [0.29, 0.717) is 32.7 Å². The van der Waals surface area contributed by atoms with Gasteiger partial charge < -0.3 is 38.6 Å². The molecule has 4 heterocycles. The lowest BCUT2D eigenvalue weighted by molar-refractivity contribution is -0.509. The summed E-state index contributed by atoms with van der Waals surface area (Å²) in [6.07, 6.45) is 4.49. The van der Waals surface area contributed by atoms with Gasteiger partial charge in [-0.05, 0) is 38.5 Å². The third kappa shape index (κ3) is 4.02. The lowest BCUT2D eigenvalue weighted by atomic mass is 9.86. The molecule has 0 aliphatic carbocycles. The molecule has 29 heavy (non-hydrogen) atoms. The van der Waals surface area contributed by atoms with Gasteiger partial charge in [-0.3, -0.25) is 0 Å². The van der Waals surface area contributed by atoms with Gasteiger partial charge in [0.05, 0.1) is 26.4 Å². The molecule has 0 amide bonds. The van der Waals surface area contributed by atoms with E-state index in [-0.39, 0.29) is 6.61 Å². The maximum absolute atomic E-state index is 10.8. The monoisotopic (exact) mass is 414 g/mol. The summed E-state index contributed by atoms with van der Waals surface area (Å²) in [5.74, 6) is -2.09. The van der Waals surface area contributed by atoms with Crippen molar-refractivity contribution in [2.75, 3.05) is 26.4 Å². The van der Waals surface area contributed by atoms with E-state index in [2.05, 4.69) is 6.58 Å². The number of ether oxygens (including phenoxy) is 6. The van der Waals surface area contributed by atoms with Gasteiger partial charge in [0, 0.05) is 12.8 Å². The Balaban J connectivity index is 1.59. The van der Waals surface area contributed by atoms with Crippen molar-refractivity contribution in [3.8, 4) is 0 Å². The first-order chi connectivity index (χ1) is 14.1. The minimum atomic E-state index is -1.06. The van der Waals surface area contributed by atoms with E-state index in [4.69, 9.17) is 28.4 Å². The van der Waals surface area contributed by atoms with Gasteiger partial charge in [-0.15, -0.1) is 6.58 Å². The lowest BCUT2D eigenvalue weighted by Crippen LogP contribution is -2.75. The normalized spacial score (nSPS) is 45.2. The number of fused-ring (bicyclic) bond motifs is 2. The molecule has 8 heteroatoms. The number of unbranched alkanes of at least 4 members (excludes halogenated alkanes) is 1. The molecule has 4 fully saturated rings. The second-order valence-corrected chi connectivity index (χ2v) is 8.30. The zero-order valence-corrected chi connectivity index (χ0v) is 17.0. The maximum atomic E-state index is 10.8. The quantitative estimate of drug-likeness (QED) is 0.500. The van der Waals surface area contributed by atoms with Crippen LogP contribution in [0.1, 0.15) is 51.4 Å². The second kappa shape index (κ2) is 9.28. The van der Waals surface area contributed by atoms with Gasteiger partial charge >= 0.3 is 0 Å². The van der Waals surface area contributed by atoms with Crippen LogP contribution in [0.15, 0.2) is 12.7 Å². The number of hydrogen-bond acceptors (Lipinski definition) is 8. The van der Waals surface area contributed by atoms with Crippen molar-refractivity contribution in [2.24, 2.45) is 0 Å². The summed E-state index contributed by atoms with van der Waals surface area (Å²) in [7, 11) is 0.